The first-order chi connectivity index (χ1) is 12.2. The number of hydrogen-bond donors (Lipinski definition) is 2. The lowest BCUT2D eigenvalue weighted by Gasteiger charge is -2.32. The molecule has 1 unspecified atom stereocenters. The average Bonchev–Trinajstić information content (AvgIpc) is 2.65. The molecule has 0 radical (unpaired) electrons. The molecule has 0 aliphatic carbocycles. The molecule has 2 aliphatic rings. The van der Waals surface area contributed by atoms with Crippen LogP contribution in [0, 0.1) is 11.8 Å². The van der Waals surface area contributed by atoms with Gasteiger partial charge in [-0.05, 0) is 75.6 Å². The van der Waals surface area contributed by atoms with Crippen LogP contribution in [0.4, 0.5) is 5.69 Å². The van der Waals surface area contributed by atoms with Crippen molar-refractivity contribution in [2.75, 3.05) is 38.2 Å². The van der Waals surface area contributed by atoms with Crippen LogP contribution in [0.15, 0.2) is 24.3 Å². The van der Waals surface area contributed by atoms with Gasteiger partial charge in [-0.2, -0.15) is 0 Å². The third-order valence-electron chi connectivity index (χ3n) is 5.81. The number of benzene rings is 1. The summed E-state index contributed by atoms with van der Waals surface area (Å²) >= 11 is 0. The maximum absolute atomic E-state index is 9.31. The standard InChI is InChI=1S/C21H34N2O2/c1-17(14-18-8-12-25-13-9-18)22-21-5-3-2-4-20(21)15-23-10-6-19(16-24)7-11-23/h2-5,17-19,22,24H,6-16H2,1H3. The first-order valence-electron chi connectivity index (χ1n) is 10.00. The summed E-state index contributed by atoms with van der Waals surface area (Å²) < 4.78 is 5.48. The summed E-state index contributed by atoms with van der Waals surface area (Å²) in [4.78, 5) is 2.52. The van der Waals surface area contributed by atoms with Crippen molar-refractivity contribution in [2.24, 2.45) is 11.8 Å². The van der Waals surface area contributed by atoms with E-state index in [2.05, 4.69) is 41.4 Å². The van der Waals surface area contributed by atoms with Crippen molar-refractivity contribution in [1.29, 1.82) is 0 Å². The largest absolute Gasteiger partial charge is 0.396 e. The van der Waals surface area contributed by atoms with Gasteiger partial charge in [-0.25, -0.2) is 0 Å². The molecule has 2 N–H and O–H groups in total. The fourth-order valence-corrected chi connectivity index (χ4v) is 4.17. The van der Waals surface area contributed by atoms with Crippen molar-refractivity contribution >= 4 is 5.69 Å². The number of hydrogen-bond acceptors (Lipinski definition) is 4. The molecule has 25 heavy (non-hydrogen) atoms. The molecule has 2 saturated heterocycles. The Bertz CT molecular complexity index is 508. The number of nitrogens with one attached hydrogen (secondary N) is 1. The van der Waals surface area contributed by atoms with Gasteiger partial charge in [0.25, 0.3) is 0 Å². The van der Waals surface area contributed by atoms with Crippen LogP contribution in [0.2, 0.25) is 0 Å². The SMILES string of the molecule is CC(CC1CCOCC1)Nc1ccccc1CN1CCC(CO)CC1. The van der Waals surface area contributed by atoms with E-state index in [0.717, 1.165) is 51.6 Å². The Labute approximate surface area is 152 Å². The van der Waals surface area contributed by atoms with E-state index in [1.807, 2.05) is 0 Å². The van der Waals surface area contributed by atoms with Crippen LogP contribution < -0.4 is 5.32 Å². The maximum Gasteiger partial charge on any atom is 0.0468 e. The summed E-state index contributed by atoms with van der Waals surface area (Å²) in [6.45, 7) is 7.70. The molecule has 0 amide bonds. The number of aliphatic hydroxyl groups excluding tert-OH is 1. The van der Waals surface area contributed by atoms with Crippen molar-refractivity contribution in [2.45, 2.75) is 51.6 Å². The number of ether oxygens (including phenoxy) is 1. The Morgan fingerprint density at radius 3 is 2.56 bits per heavy atom. The Morgan fingerprint density at radius 1 is 1.12 bits per heavy atom. The number of rotatable bonds is 7. The van der Waals surface area contributed by atoms with Crippen molar-refractivity contribution in [3.8, 4) is 0 Å². The number of anilines is 1. The minimum Gasteiger partial charge on any atom is -0.396 e. The molecule has 1 aromatic carbocycles. The summed E-state index contributed by atoms with van der Waals surface area (Å²) in [6.07, 6.45) is 5.86. The third kappa shape index (κ3) is 5.70. The second-order valence-corrected chi connectivity index (χ2v) is 7.90. The van der Waals surface area contributed by atoms with Crippen molar-refractivity contribution in [1.82, 2.24) is 4.90 Å². The van der Waals surface area contributed by atoms with Crippen LogP contribution >= 0.6 is 0 Å². The molecule has 2 aliphatic heterocycles. The van der Waals surface area contributed by atoms with Gasteiger partial charge in [0.15, 0.2) is 0 Å². The molecule has 1 atom stereocenters. The molecule has 0 saturated carbocycles. The monoisotopic (exact) mass is 346 g/mol. The zero-order chi connectivity index (χ0) is 17.5. The van der Waals surface area contributed by atoms with Gasteiger partial charge in [0.1, 0.15) is 0 Å². The minimum absolute atomic E-state index is 0.343. The van der Waals surface area contributed by atoms with Crippen LogP contribution in [0.25, 0.3) is 0 Å². The van der Waals surface area contributed by atoms with Crippen LogP contribution in [-0.4, -0.2) is 49.0 Å². The molecule has 0 spiro atoms. The van der Waals surface area contributed by atoms with Gasteiger partial charge in [-0.1, -0.05) is 18.2 Å². The van der Waals surface area contributed by atoms with Gasteiger partial charge in [-0.3, -0.25) is 4.90 Å². The molecule has 2 fully saturated rings. The molecule has 0 bridgehead atoms. The highest BCUT2D eigenvalue weighted by atomic mass is 16.5. The Hall–Kier alpha value is -1.10. The second kappa shape index (κ2) is 9.56. The number of para-hydroxylation sites is 1. The summed E-state index contributed by atoms with van der Waals surface area (Å²) in [5.74, 6) is 1.30. The van der Waals surface area contributed by atoms with Crippen LogP contribution in [-0.2, 0) is 11.3 Å². The van der Waals surface area contributed by atoms with Gasteiger partial charge >= 0.3 is 0 Å². The topological polar surface area (TPSA) is 44.7 Å². The highest BCUT2D eigenvalue weighted by molar-refractivity contribution is 5.51. The predicted molar refractivity (Wildman–Crippen MR) is 103 cm³/mol. The third-order valence-corrected chi connectivity index (χ3v) is 5.81. The van der Waals surface area contributed by atoms with Gasteiger partial charge < -0.3 is 15.2 Å². The van der Waals surface area contributed by atoms with E-state index in [1.165, 1.54) is 30.5 Å². The van der Waals surface area contributed by atoms with E-state index in [4.69, 9.17) is 4.74 Å². The van der Waals surface area contributed by atoms with Crippen molar-refractivity contribution < 1.29 is 9.84 Å². The smallest absolute Gasteiger partial charge is 0.0468 e. The molecule has 4 heteroatoms. The molecule has 140 valence electrons. The van der Waals surface area contributed by atoms with E-state index in [0.29, 0.717) is 18.6 Å². The first kappa shape index (κ1) is 18.7. The number of aliphatic hydroxyl groups is 1. The molecular formula is C21H34N2O2. The molecule has 3 rings (SSSR count). The van der Waals surface area contributed by atoms with Crippen LogP contribution in [0.3, 0.4) is 0 Å². The van der Waals surface area contributed by atoms with Crippen LogP contribution in [0.1, 0.15) is 44.6 Å². The number of nitrogens with zero attached hydrogens (tertiary/aromatic N) is 1. The number of likely N-dealkylation sites (tertiary alicyclic amines) is 1. The van der Waals surface area contributed by atoms with Gasteiger partial charge in [-0.15, -0.1) is 0 Å². The van der Waals surface area contributed by atoms with Crippen LogP contribution in [0.5, 0.6) is 0 Å². The van der Waals surface area contributed by atoms with Gasteiger partial charge in [0, 0.05) is 38.1 Å². The summed E-state index contributed by atoms with van der Waals surface area (Å²) in [5.41, 5.74) is 2.68. The highest BCUT2D eigenvalue weighted by Gasteiger charge is 2.20. The quantitative estimate of drug-likeness (QED) is 0.793. The van der Waals surface area contributed by atoms with E-state index in [1.54, 1.807) is 0 Å². The fourth-order valence-electron chi connectivity index (χ4n) is 4.17. The Morgan fingerprint density at radius 2 is 1.84 bits per heavy atom. The molecule has 1 aromatic rings. The van der Waals surface area contributed by atoms with Gasteiger partial charge in [0.2, 0.25) is 0 Å². The molecule has 4 nitrogen and oxygen atoms in total. The fraction of sp³-hybridized carbons (Fsp3) is 0.714. The highest BCUT2D eigenvalue weighted by Crippen LogP contribution is 2.25. The Balaban J connectivity index is 1.53. The van der Waals surface area contributed by atoms with Crippen molar-refractivity contribution in [3.05, 3.63) is 29.8 Å². The summed E-state index contributed by atoms with van der Waals surface area (Å²) in [7, 11) is 0. The van der Waals surface area contributed by atoms with E-state index in [-0.39, 0.29) is 0 Å². The van der Waals surface area contributed by atoms with E-state index >= 15 is 0 Å². The molecule has 0 aromatic heterocycles. The van der Waals surface area contributed by atoms with E-state index < -0.39 is 0 Å². The zero-order valence-electron chi connectivity index (χ0n) is 15.6. The zero-order valence-corrected chi connectivity index (χ0v) is 15.6. The summed E-state index contributed by atoms with van der Waals surface area (Å²) in [6, 6.07) is 9.23. The Kier molecular flexibility index (Phi) is 7.14. The first-order valence-corrected chi connectivity index (χ1v) is 10.00. The van der Waals surface area contributed by atoms with Crippen molar-refractivity contribution in [3.63, 3.8) is 0 Å². The molecular weight excluding hydrogens is 312 g/mol. The second-order valence-electron chi connectivity index (χ2n) is 7.90. The maximum atomic E-state index is 9.31. The lowest BCUT2D eigenvalue weighted by atomic mass is 9.93. The summed E-state index contributed by atoms with van der Waals surface area (Å²) in [5, 5.41) is 13.1. The van der Waals surface area contributed by atoms with E-state index in [9.17, 15) is 5.11 Å². The predicted octanol–water partition coefficient (Wildman–Crippen LogP) is 3.51. The average molecular weight is 347 g/mol. The van der Waals surface area contributed by atoms with Gasteiger partial charge in [0.05, 0.1) is 0 Å². The lowest BCUT2D eigenvalue weighted by molar-refractivity contribution is 0.0629. The minimum atomic E-state index is 0.343. The normalized spacial score (nSPS) is 22.0. The molecule has 2 heterocycles. The number of piperidine rings is 1. The lowest BCUT2D eigenvalue weighted by Crippen LogP contribution is -2.34.